The maximum atomic E-state index is 11.7. The Kier molecular flexibility index (Phi) is 6.52. The summed E-state index contributed by atoms with van der Waals surface area (Å²) in [7, 11) is 0. The number of aliphatic hydroxyl groups is 1. The van der Waals surface area contributed by atoms with Gasteiger partial charge in [0.15, 0.2) is 0 Å². The van der Waals surface area contributed by atoms with Gasteiger partial charge < -0.3 is 15.7 Å². The molecule has 0 aliphatic carbocycles. The Labute approximate surface area is 104 Å². The van der Waals surface area contributed by atoms with E-state index in [1.807, 2.05) is 13.8 Å². The van der Waals surface area contributed by atoms with Gasteiger partial charge in [-0.3, -0.25) is 4.79 Å². The van der Waals surface area contributed by atoms with Crippen LogP contribution in [-0.4, -0.2) is 36.8 Å². The molecule has 0 aromatic heterocycles. The number of piperidine rings is 1. The topological polar surface area (TPSA) is 61.4 Å². The lowest BCUT2D eigenvalue weighted by Crippen LogP contribution is -2.38. The Morgan fingerprint density at radius 3 is 2.65 bits per heavy atom. The van der Waals surface area contributed by atoms with Gasteiger partial charge in [0, 0.05) is 19.1 Å². The molecule has 0 aromatic carbocycles. The summed E-state index contributed by atoms with van der Waals surface area (Å²) in [5.74, 6) is 0.946. The number of hydrogen-bond acceptors (Lipinski definition) is 3. The van der Waals surface area contributed by atoms with Crippen molar-refractivity contribution in [2.75, 3.05) is 19.7 Å². The molecule has 1 saturated heterocycles. The first-order valence-corrected chi connectivity index (χ1v) is 6.74. The molecule has 3 N–H and O–H groups in total. The predicted molar refractivity (Wildman–Crippen MR) is 68.7 cm³/mol. The fourth-order valence-electron chi connectivity index (χ4n) is 2.13. The number of rotatable bonds is 6. The lowest BCUT2D eigenvalue weighted by atomic mass is 9.93. The van der Waals surface area contributed by atoms with Crippen LogP contribution in [-0.2, 0) is 4.79 Å². The van der Waals surface area contributed by atoms with Gasteiger partial charge in [0.1, 0.15) is 0 Å². The summed E-state index contributed by atoms with van der Waals surface area (Å²) in [5.41, 5.74) is 0. The highest BCUT2D eigenvalue weighted by molar-refractivity contribution is 5.76. The standard InChI is InChI=1S/C13H26N2O2/c1-10(9-16)11(2)15-13(17)4-3-12-5-7-14-8-6-12/h10-12,14,16H,3-9H2,1-2H3,(H,15,17). The van der Waals surface area contributed by atoms with E-state index in [1.165, 1.54) is 12.8 Å². The molecule has 100 valence electrons. The second-order valence-corrected chi connectivity index (χ2v) is 5.25. The van der Waals surface area contributed by atoms with Crippen molar-refractivity contribution in [3.8, 4) is 0 Å². The first kappa shape index (κ1) is 14.5. The number of carbonyl (C=O) groups is 1. The van der Waals surface area contributed by atoms with E-state index in [-0.39, 0.29) is 24.5 Å². The summed E-state index contributed by atoms with van der Waals surface area (Å²) in [5, 5.41) is 15.3. The third kappa shape index (κ3) is 5.50. The zero-order chi connectivity index (χ0) is 12.7. The van der Waals surface area contributed by atoms with Gasteiger partial charge in [0.2, 0.25) is 5.91 Å². The molecule has 0 saturated carbocycles. The molecule has 1 aliphatic heterocycles. The molecule has 17 heavy (non-hydrogen) atoms. The third-order valence-electron chi connectivity index (χ3n) is 3.77. The van der Waals surface area contributed by atoms with E-state index in [2.05, 4.69) is 10.6 Å². The van der Waals surface area contributed by atoms with Crippen LogP contribution in [0.25, 0.3) is 0 Å². The lowest BCUT2D eigenvalue weighted by molar-refractivity contribution is -0.122. The van der Waals surface area contributed by atoms with E-state index >= 15 is 0 Å². The Morgan fingerprint density at radius 1 is 1.41 bits per heavy atom. The maximum absolute atomic E-state index is 11.7. The number of amides is 1. The minimum Gasteiger partial charge on any atom is -0.396 e. The Balaban J connectivity index is 2.15. The predicted octanol–water partition coefficient (Wildman–Crippen LogP) is 0.899. The minimum atomic E-state index is 0.0560. The largest absolute Gasteiger partial charge is 0.396 e. The monoisotopic (exact) mass is 242 g/mol. The van der Waals surface area contributed by atoms with Gasteiger partial charge in [-0.1, -0.05) is 6.92 Å². The van der Waals surface area contributed by atoms with Crippen LogP contribution in [0.3, 0.4) is 0 Å². The molecule has 1 aliphatic rings. The van der Waals surface area contributed by atoms with Crippen molar-refractivity contribution in [1.29, 1.82) is 0 Å². The highest BCUT2D eigenvalue weighted by atomic mass is 16.3. The first-order chi connectivity index (χ1) is 8.13. The average Bonchev–Trinajstić information content (AvgIpc) is 2.36. The van der Waals surface area contributed by atoms with Gasteiger partial charge in [-0.15, -0.1) is 0 Å². The minimum absolute atomic E-state index is 0.0560. The number of aliphatic hydroxyl groups excluding tert-OH is 1. The fourth-order valence-corrected chi connectivity index (χ4v) is 2.13. The van der Waals surface area contributed by atoms with Gasteiger partial charge >= 0.3 is 0 Å². The normalized spacial score (nSPS) is 20.9. The van der Waals surface area contributed by atoms with Gasteiger partial charge in [-0.05, 0) is 51.1 Å². The summed E-state index contributed by atoms with van der Waals surface area (Å²) in [4.78, 5) is 11.7. The van der Waals surface area contributed by atoms with Crippen molar-refractivity contribution >= 4 is 5.91 Å². The van der Waals surface area contributed by atoms with Crippen LogP contribution in [0.5, 0.6) is 0 Å². The second kappa shape index (κ2) is 7.67. The second-order valence-electron chi connectivity index (χ2n) is 5.25. The number of hydrogen-bond donors (Lipinski definition) is 3. The first-order valence-electron chi connectivity index (χ1n) is 6.74. The Bertz CT molecular complexity index is 227. The summed E-state index contributed by atoms with van der Waals surface area (Å²) in [6, 6.07) is 0.0560. The molecule has 2 unspecified atom stereocenters. The van der Waals surface area contributed by atoms with Crippen molar-refractivity contribution in [2.45, 2.75) is 45.6 Å². The average molecular weight is 242 g/mol. The quantitative estimate of drug-likeness (QED) is 0.648. The Hall–Kier alpha value is -0.610. The molecule has 0 aromatic rings. The van der Waals surface area contributed by atoms with Gasteiger partial charge in [0.25, 0.3) is 0 Å². The molecular formula is C13H26N2O2. The Morgan fingerprint density at radius 2 is 2.06 bits per heavy atom. The molecule has 4 nitrogen and oxygen atoms in total. The van der Waals surface area contributed by atoms with E-state index in [1.54, 1.807) is 0 Å². The molecule has 0 bridgehead atoms. The van der Waals surface area contributed by atoms with Crippen LogP contribution < -0.4 is 10.6 Å². The lowest BCUT2D eigenvalue weighted by Gasteiger charge is -2.23. The highest BCUT2D eigenvalue weighted by Gasteiger charge is 2.17. The van der Waals surface area contributed by atoms with E-state index in [4.69, 9.17) is 5.11 Å². The van der Waals surface area contributed by atoms with Crippen LogP contribution >= 0.6 is 0 Å². The maximum Gasteiger partial charge on any atom is 0.220 e. The molecule has 0 spiro atoms. The van der Waals surface area contributed by atoms with Crippen molar-refractivity contribution < 1.29 is 9.90 Å². The summed E-state index contributed by atoms with van der Waals surface area (Å²) < 4.78 is 0. The molecule has 4 heteroatoms. The smallest absolute Gasteiger partial charge is 0.220 e. The van der Waals surface area contributed by atoms with Crippen LogP contribution in [0.4, 0.5) is 0 Å². The molecule has 1 heterocycles. The third-order valence-corrected chi connectivity index (χ3v) is 3.77. The van der Waals surface area contributed by atoms with Crippen LogP contribution in [0.2, 0.25) is 0 Å². The zero-order valence-corrected chi connectivity index (χ0v) is 11.0. The number of nitrogens with one attached hydrogen (secondary N) is 2. The van der Waals surface area contributed by atoms with E-state index < -0.39 is 0 Å². The molecular weight excluding hydrogens is 216 g/mol. The van der Waals surface area contributed by atoms with Crippen molar-refractivity contribution in [3.63, 3.8) is 0 Å². The van der Waals surface area contributed by atoms with Gasteiger partial charge in [-0.25, -0.2) is 0 Å². The highest BCUT2D eigenvalue weighted by Crippen LogP contribution is 2.17. The van der Waals surface area contributed by atoms with Gasteiger partial charge in [-0.2, -0.15) is 0 Å². The number of carbonyl (C=O) groups excluding carboxylic acids is 1. The summed E-state index contributed by atoms with van der Waals surface area (Å²) in [6.45, 7) is 6.19. The van der Waals surface area contributed by atoms with E-state index in [9.17, 15) is 4.79 Å². The van der Waals surface area contributed by atoms with Crippen LogP contribution in [0, 0.1) is 11.8 Å². The van der Waals surface area contributed by atoms with Gasteiger partial charge in [0.05, 0.1) is 0 Å². The van der Waals surface area contributed by atoms with Crippen molar-refractivity contribution in [1.82, 2.24) is 10.6 Å². The molecule has 1 rings (SSSR count). The van der Waals surface area contributed by atoms with Crippen molar-refractivity contribution in [3.05, 3.63) is 0 Å². The van der Waals surface area contributed by atoms with Crippen LogP contribution in [0.15, 0.2) is 0 Å². The summed E-state index contributed by atoms with van der Waals surface area (Å²) >= 11 is 0. The molecule has 2 atom stereocenters. The molecule has 0 radical (unpaired) electrons. The zero-order valence-electron chi connectivity index (χ0n) is 11.0. The fraction of sp³-hybridized carbons (Fsp3) is 0.923. The SMILES string of the molecule is CC(CO)C(C)NC(=O)CCC1CCNCC1. The van der Waals surface area contributed by atoms with Crippen molar-refractivity contribution in [2.24, 2.45) is 11.8 Å². The summed E-state index contributed by atoms with van der Waals surface area (Å²) in [6.07, 6.45) is 3.99. The van der Waals surface area contributed by atoms with E-state index in [0.717, 1.165) is 19.5 Å². The van der Waals surface area contributed by atoms with Crippen LogP contribution in [0.1, 0.15) is 39.5 Å². The molecule has 1 amide bonds. The molecule has 1 fully saturated rings. The van der Waals surface area contributed by atoms with E-state index in [0.29, 0.717) is 12.3 Å².